The number of benzene rings is 2. The molecule has 0 saturated carbocycles. The SMILES string of the molecule is CCC1(CC)OC[C@H]([C@@H](CS(=O)(=O)c2ccc(Oc3ccc(OC(F)(F)F)cc3)cc2)NO)O1. The summed E-state index contributed by atoms with van der Waals surface area (Å²) in [5, 5.41) is 9.56. The number of nitrogens with one attached hydrogen (secondary N) is 1. The minimum Gasteiger partial charge on any atom is -0.457 e. The Balaban J connectivity index is 1.64. The molecule has 2 aromatic carbocycles. The molecule has 34 heavy (non-hydrogen) atoms. The summed E-state index contributed by atoms with van der Waals surface area (Å²) in [6, 6.07) is 9.40. The van der Waals surface area contributed by atoms with Crippen LogP contribution in [0.25, 0.3) is 0 Å². The van der Waals surface area contributed by atoms with Crippen LogP contribution < -0.4 is 15.0 Å². The molecule has 12 heteroatoms. The standard InChI is InChI=1S/C22H26F3NO7S/c1-3-21(4-2)30-13-20(33-21)19(26-27)14-34(28,29)18-11-9-16(10-12-18)31-15-5-7-17(8-6-15)32-22(23,24)25/h5-12,19-20,26-27H,3-4,13-14H2,1-2H3/t19-,20-/m1/s1. The third kappa shape index (κ3) is 6.60. The van der Waals surface area contributed by atoms with Crippen LogP contribution in [0.5, 0.6) is 17.2 Å². The minimum absolute atomic E-state index is 0.00480. The molecule has 2 atom stereocenters. The summed E-state index contributed by atoms with van der Waals surface area (Å²) in [5.74, 6) is -1.09. The number of hydrogen-bond acceptors (Lipinski definition) is 8. The zero-order valence-electron chi connectivity index (χ0n) is 18.5. The van der Waals surface area contributed by atoms with Crippen molar-refractivity contribution in [2.75, 3.05) is 12.4 Å². The molecule has 1 heterocycles. The Bertz CT molecular complexity index is 1040. The lowest BCUT2D eigenvalue weighted by molar-refractivity contribution is -0.274. The maximum Gasteiger partial charge on any atom is 0.573 e. The van der Waals surface area contributed by atoms with Gasteiger partial charge in [-0.15, -0.1) is 13.2 Å². The Morgan fingerprint density at radius 2 is 1.59 bits per heavy atom. The highest BCUT2D eigenvalue weighted by Gasteiger charge is 2.43. The molecule has 1 aliphatic rings. The zero-order valence-corrected chi connectivity index (χ0v) is 19.4. The second kappa shape index (κ2) is 10.5. The van der Waals surface area contributed by atoms with Gasteiger partial charge in [-0.1, -0.05) is 13.8 Å². The van der Waals surface area contributed by atoms with Gasteiger partial charge in [0.15, 0.2) is 15.6 Å². The van der Waals surface area contributed by atoms with Crippen LogP contribution in [-0.2, 0) is 19.3 Å². The van der Waals surface area contributed by atoms with Crippen molar-refractivity contribution in [3.05, 3.63) is 48.5 Å². The van der Waals surface area contributed by atoms with E-state index < -0.39 is 39.9 Å². The average molecular weight is 506 g/mol. The van der Waals surface area contributed by atoms with Crippen LogP contribution in [0.3, 0.4) is 0 Å². The Morgan fingerprint density at radius 3 is 2.06 bits per heavy atom. The lowest BCUT2D eigenvalue weighted by Crippen LogP contribution is -2.45. The summed E-state index contributed by atoms with van der Waals surface area (Å²) in [7, 11) is -3.81. The van der Waals surface area contributed by atoms with Crippen LogP contribution in [0.1, 0.15) is 26.7 Å². The number of hydroxylamine groups is 1. The Hall–Kier alpha value is -2.38. The molecular formula is C22H26F3NO7S. The van der Waals surface area contributed by atoms with E-state index in [1.165, 1.54) is 36.4 Å². The summed E-state index contributed by atoms with van der Waals surface area (Å²) >= 11 is 0. The molecule has 2 N–H and O–H groups in total. The first-order chi connectivity index (χ1) is 16.0. The second-order valence-electron chi connectivity index (χ2n) is 7.69. The molecule has 1 aliphatic heterocycles. The van der Waals surface area contributed by atoms with Crippen LogP contribution in [0.15, 0.2) is 53.4 Å². The summed E-state index contributed by atoms with van der Waals surface area (Å²) in [5.41, 5.74) is 2.03. The van der Waals surface area contributed by atoms with E-state index in [2.05, 4.69) is 4.74 Å². The molecule has 2 aromatic rings. The smallest absolute Gasteiger partial charge is 0.457 e. The van der Waals surface area contributed by atoms with E-state index in [-0.39, 0.29) is 28.8 Å². The van der Waals surface area contributed by atoms with Crippen molar-refractivity contribution in [2.45, 2.75) is 55.9 Å². The molecule has 0 spiro atoms. The summed E-state index contributed by atoms with van der Waals surface area (Å²) in [6.45, 7) is 3.95. The topological polar surface area (TPSA) is 103 Å². The molecule has 188 valence electrons. The molecule has 1 saturated heterocycles. The molecule has 0 radical (unpaired) electrons. The first-order valence-electron chi connectivity index (χ1n) is 10.6. The van der Waals surface area contributed by atoms with E-state index in [0.717, 1.165) is 12.1 Å². The highest BCUT2D eigenvalue weighted by molar-refractivity contribution is 7.91. The van der Waals surface area contributed by atoms with E-state index in [1.807, 2.05) is 19.3 Å². The Kier molecular flexibility index (Phi) is 8.09. The van der Waals surface area contributed by atoms with E-state index in [1.54, 1.807) is 0 Å². The maximum absolute atomic E-state index is 12.9. The largest absolute Gasteiger partial charge is 0.573 e. The minimum atomic E-state index is -4.79. The third-order valence-electron chi connectivity index (χ3n) is 5.44. The van der Waals surface area contributed by atoms with Crippen molar-refractivity contribution >= 4 is 9.84 Å². The van der Waals surface area contributed by atoms with Crippen molar-refractivity contribution < 1.29 is 45.7 Å². The highest BCUT2D eigenvalue weighted by Crippen LogP contribution is 2.32. The van der Waals surface area contributed by atoms with Gasteiger partial charge in [-0.2, -0.15) is 5.48 Å². The van der Waals surface area contributed by atoms with Gasteiger partial charge in [-0.3, -0.25) is 0 Å². The van der Waals surface area contributed by atoms with Gasteiger partial charge in [-0.05, 0) is 61.4 Å². The predicted molar refractivity (Wildman–Crippen MR) is 115 cm³/mol. The van der Waals surface area contributed by atoms with Gasteiger partial charge in [0.05, 0.1) is 23.3 Å². The lowest BCUT2D eigenvalue weighted by atomic mass is 10.1. The predicted octanol–water partition coefficient (Wildman–Crippen LogP) is 4.43. The fourth-order valence-electron chi connectivity index (χ4n) is 3.52. The molecular weight excluding hydrogens is 479 g/mol. The van der Waals surface area contributed by atoms with Crippen LogP contribution in [-0.4, -0.2) is 50.3 Å². The van der Waals surface area contributed by atoms with Gasteiger partial charge in [0.2, 0.25) is 0 Å². The number of sulfone groups is 1. The first kappa shape index (κ1) is 26.2. The van der Waals surface area contributed by atoms with Crippen LogP contribution in [0.4, 0.5) is 13.2 Å². The van der Waals surface area contributed by atoms with Gasteiger partial charge >= 0.3 is 6.36 Å². The average Bonchev–Trinajstić information content (AvgIpc) is 3.23. The number of rotatable bonds is 10. The van der Waals surface area contributed by atoms with Gasteiger partial charge in [0.25, 0.3) is 0 Å². The number of halogens is 3. The molecule has 3 rings (SSSR count). The number of ether oxygens (including phenoxy) is 4. The van der Waals surface area contributed by atoms with Crippen LogP contribution in [0, 0.1) is 0 Å². The van der Waals surface area contributed by atoms with Gasteiger partial charge in [0.1, 0.15) is 23.4 Å². The Labute approximate surface area is 195 Å². The number of hydrogen-bond donors (Lipinski definition) is 2. The fraction of sp³-hybridized carbons (Fsp3) is 0.455. The molecule has 0 unspecified atom stereocenters. The Morgan fingerprint density at radius 1 is 1.06 bits per heavy atom. The van der Waals surface area contributed by atoms with Crippen LogP contribution in [0.2, 0.25) is 0 Å². The van der Waals surface area contributed by atoms with Gasteiger partial charge < -0.3 is 24.2 Å². The monoisotopic (exact) mass is 505 g/mol. The zero-order chi connectivity index (χ0) is 25.0. The maximum atomic E-state index is 12.9. The third-order valence-corrected chi connectivity index (χ3v) is 7.23. The van der Waals surface area contributed by atoms with Crippen molar-refractivity contribution in [1.29, 1.82) is 0 Å². The van der Waals surface area contributed by atoms with Crippen molar-refractivity contribution in [3.8, 4) is 17.2 Å². The van der Waals surface area contributed by atoms with Gasteiger partial charge in [0, 0.05) is 0 Å². The summed E-state index contributed by atoms with van der Waals surface area (Å²) < 4.78 is 83.5. The summed E-state index contributed by atoms with van der Waals surface area (Å²) in [4.78, 5) is 0.00480. The second-order valence-corrected chi connectivity index (χ2v) is 9.73. The van der Waals surface area contributed by atoms with E-state index in [9.17, 15) is 26.8 Å². The fourth-order valence-corrected chi connectivity index (χ4v) is 5.02. The molecule has 0 amide bonds. The first-order valence-corrected chi connectivity index (χ1v) is 12.2. The highest BCUT2D eigenvalue weighted by atomic mass is 32.2. The lowest BCUT2D eigenvalue weighted by Gasteiger charge is -2.27. The number of alkyl halides is 3. The normalized spacial score (nSPS) is 19.1. The molecule has 0 aliphatic carbocycles. The molecule has 0 aromatic heterocycles. The van der Waals surface area contributed by atoms with Crippen molar-refractivity contribution in [2.24, 2.45) is 0 Å². The van der Waals surface area contributed by atoms with Gasteiger partial charge in [-0.25, -0.2) is 8.42 Å². The summed E-state index contributed by atoms with van der Waals surface area (Å²) in [6.07, 6.45) is -4.26. The van der Waals surface area contributed by atoms with E-state index in [0.29, 0.717) is 12.8 Å². The molecule has 8 nitrogen and oxygen atoms in total. The van der Waals surface area contributed by atoms with Crippen molar-refractivity contribution in [1.82, 2.24) is 5.48 Å². The molecule has 0 bridgehead atoms. The quantitative estimate of drug-likeness (QED) is 0.457. The van der Waals surface area contributed by atoms with Crippen LogP contribution >= 0.6 is 0 Å². The van der Waals surface area contributed by atoms with Crippen molar-refractivity contribution in [3.63, 3.8) is 0 Å². The molecule has 1 fully saturated rings. The van der Waals surface area contributed by atoms with E-state index >= 15 is 0 Å². The van der Waals surface area contributed by atoms with E-state index in [4.69, 9.17) is 14.2 Å².